The van der Waals surface area contributed by atoms with E-state index in [0.717, 1.165) is 5.56 Å². The zero-order valence-corrected chi connectivity index (χ0v) is 13.8. The van der Waals surface area contributed by atoms with Crippen LogP contribution in [0.5, 0.6) is 0 Å². The molecule has 1 aromatic carbocycles. The predicted molar refractivity (Wildman–Crippen MR) is 97.4 cm³/mol. The number of nitrogens with two attached hydrogens (primary N) is 1. The lowest BCUT2D eigenvalue weighted by atomic mass is 10.1. The van der Waals surface area contributed by atoms with Gasteiger partial charge in [0.2, 0.25) is 5.91 Å². The number of hydrogen-bond donors (Lipinski definition) is 2. The number of benzene rings is 1. The summed E-state index contributed by atoms with van der Waals surface area (Å²) >= 11 is 1.38. The Morgan fingerprint density at radius 3 is 2.64 bits per heavy atom. The van der Waals surface area contributed by atoms with Crippen LogP contribution >= 0.6 is 11.3 Å². The normalized spacial score (nSPS) is 9.76. The van der Waals surface area contributed by atoms with Crippen LogP contribution in [0.15, 0.2) is 60.2 Å². The molecule has 0 bridgehead atoms. The van der Waals surface area contributed by atoms with Crippen LogP contribution in [-0.4, -0.2) is 16.8 Å². The molecule has 5 nitrogen and oxygen atoms in total. The van der Waals surface area contributed by atoms with Crippen molar-refractivity contribution in [3.05, 3.63) is 81.8 Å². The Labute approximate surface area is 148 Å². The molecule has 122 valence electrons. The van der Waals surface area contributed by atoms with Gasteiger partial charge in [-0.25, -0.2) is 0 Å². The van der Waals surface area contributed by atoms with Crippen LogP contribution in [0.1, 0.15) is 31.2 Å². The number of carbonyl (C=O) groups excluding carboxylic acids is 2. The van der Waals surface area contributed by atoms with Crippen molar-refractivity contribution >= 4 is 28.8 Å². The number of thiophene rings is 1. The third-order valence-electron chi connectivity index (χ3n) is 3.24. The summed E-state index contributed by atoms with van der Waals surface area (Å²) in [4.78, 5) is 27.8. The summed E-state index contributed by atoms with van der Waals surface area (Å²) in [5, 5.41) is 4.69. The van der Waals surface area contributed by atoms with E-state index in [9.17, 15) is 9.59 Å². The number of primary amides is 1. The van der Waals surface area contributed by atoms with Gasteiger partial charge in [-0.1, -0.05) is 24.0 Å². The standard InChI is InChI=1S/C19H13N3O2S/c20-18(23)15-9-14(11-21-12-15)7-6-13-3-1-4-16(10-13)22-19(24)17-5-2-8-25-17/h1-5,8-12H,(H2,20,23)(H,22,24). The van der Waals surface area contributed by atoms with Crippen LogP contribution < -0.4 is 11.1 Å². The third-order valence-corrected chi connectivity index (χ3v) is 4.11. The summed E-state index contributed by atoms with van der Waals surface area (Å²) in [6.45, 7) is 0. The average molecular weight is 347 g/mol. The van der Waals surface area contributed by atoms with Gasteiger partial charge in [0, 0.05) is 29.2 Å². The fraction of sp³-hybridized carbons (Fsp3) is 0. The summed E-state index contributed by atoms with van der Waals surface area (Å²) in [5.41, 5.74) is 7.52. The van der Waals surface area contributed by atoms with E-state index in [4.69, 9.17) is 5.73 Å². The smallest absolute Gasteiger partial charge is 0.265 e. The largest absolute Gasteiger partial charge is 0.366 e. The molecule has 0 aliphatic heterocycles. The van der Waals surface area contributed by atoms with Gasteiger partial charge in [-0.15, -0.1) is 11.3 Å². The highest BCUT2D eigenvalue weighted by atomic mass is 32.1. The molecule has 0 radical (unpaired) electrons. The predicted octanol–water partition coefficient (Wildman–Crippen LogP) is 2.89. The van der Waals surface area contributed by atoms with E-state index in [2.05, 4.69) is 22.1 Å². The number of nitrogens with one attached hydrogen (secondary N) is 1. The van der Waals surface area contributed by atoms with Gasteiger partial charge in [0.25, 0.3) is 5.91 Å². The summed E-state index contributed by atoms with van der Waals surface area (Å²) in [6, 6.07) is 12.4. The summed E-state index contributed by atoms with van der Waals surface area (Å²) in [7, 11) is 0. The van der Waals surface area contributed by atoms with Gasteiger partial charge in [-0.2, -0.15) is 0 Å². The van der Waals surface area contributed by atoms with Crippen molar-refractivity contribution in [2.75, 3.05) is 5.32 Å². The molecule has 3 rings (SSSR count). The summed E-state index contributed by atoms with van der Waals surface area (Å²) in [5.74, 6) is 5.22. The minimum atomic E-state index is -0.547. The molecule has 0 saturated carbocycles. The molecule has 3 N–H and O–H groups in total. The zero-order chi connectivity index (χ0) is 17.6. The molecule has 6 heteroatoms. The number of pyridine rings is 1. The molecule has 2 aromatic heterocycles. The van der Waals surface area contributed by atoms with Crippen molar-refractivity contribution in [3.8, 4) is 11.8 Å². The quantitative estimate of drug-likeness (QED) is 0.715. The number of rotatable bonds is 3. The molecule has 0 unspecified atom stereocenters. The first kappa shape index (κ1) is 16.4. The molecule has 2 amide bonds. The number of amides is 2. The molecular formula is C19H13N3O2S. The number of carbonyl (C=O) groups is 2. The molecule has 0 spiro atoms. The molecule has 0 aliphatic carbocycles. The van der Waals surface area contributed by atoms with Gasteiger partial charge in [-0.05, 0) is 35.7 Å². The minimum Gasteiger partial charge on any atom is -0.366 e. The van der Waals surface area contributed by atoms with Crippen LogP contribution in [0.25, 0.3) is 0 Å². The van der Waals surface area contributed by atoms with Gasteiger partial charge in [0.1, 0.15) is 0 Å². The highest BCUT2D eigenvalue weighted by Gasteiger charge is 2.06. The second-order valence-electron chi connectivity index (χ2n) is 5.09. The molecule has 0 saturated heterocycles. The molecule has 25 heavy (non-hydrogen) atoms. The highest BCUT2D eigenvalue weighted by molar-refractivity contribution is 7.12. The Kier molecular flexibility index (Phi) is 4.88. The number of hydrogen-bond acceptors (Lipinski definition) is 4. The van der Waals surface area contributed by atoms with Crippen molar-refractivity contribution in [3.63, 3.8) is 0 Å². The molecular weight excluding hydrogens is 334 g/mol. The van der Waals surface area contributed by atoms with E-state index in [1.54, 1.807) is 30.5 Å². The highest BCUT2D eigenvalue weighted by Crippen LogP contribution is 2.14. The van der Waals surface area contributed by atoms with E-state index in [-0.39, 0.29) is 5.91 Å². The van der Waals surface area contributed by atoms with Crippen LogP contribution in [0.3, 0.4) is 0 Å². The van der Waals surface area contributed by atoms with Gasteiger partial charge in [0.05, 0.1) is 10.4 Å². The Morgan fingerprint density at radius 1 is 1.04 bits per heavy atom. The summed E-state index contributed by atoms with van der Waals surface area (Å²) in [6.07, 6.45) is 2.95. The fourth-order valence-electron chi connectivity index (χ4n) is 2.06. The third kappa shape index (κ3) is 4.31. The lowest BCUT2D eigenvalue weighted by molar-refractivity contribution is 0.0997. The van der Waals surface area contributed by atoms with E-state index in [1.807, 2.05) is 23.6 Å². The van der Waals surface area contributed by atoms with Gasteiger partial charge in [-0.3, -0.25) is 14.6 Å². The van der Waals surface area contributed by atoms with Crippen molar-refractivity contribution in [1.29, 1.82) is 0 Å². The molecule has 2 heterocycles. The monoisotopic (exact) mass is 347 g/mol. The fourth-order valence-corrected chi connectivity index (χ4v) is 2.68. The van der Waals surface area contributed by atoms with Crippen LogP contribution in [0.4, 0.5) is 5.69 Å². The van der Waals surface area contributed by atoms with Crippen LogP contribution in [0, 0.1) is 11.8 Å². The lowest BCUT2D eigenvalue weighted by Crippen LogP contribution is -2.11. The first-order valence-electron chi connectivity index (χ1n) is 7.33. The van der Waals surface area contributed by atoms with Crippen molar-refractivity contribution < 1.29 is 9.59 Å². The van der Waals surface area contributed by atoms with E-state index in [1.165, 1.54) is 17.5 Å². The average Bonchev–Trinajstić information content (AvgIpc) is 3.15. The molecule has 0 fully saturated rings. The SMILES string of the molecule is NC(=O)c1cncc(C#Cc2cccc(NC(=O)c3cccs3)c2)c1. The maximum Gasteiger partial charge on any atom is 0.265 e. The first-order valence-corrected chi connectivity index (χ1v) is 8.21. The van der Waals surface area contributed by atoms with E-state index >= 15 is 0 Å². The number of nitrogens with zero attached hydrogens (tertiary/aromatic N) is 1. The van der Waals surface area contributed by atoms with Crippen molar-refractivity contribution in [2.24, 2.45) is 5.73 Å². The summed E-state index contributed by atoms with van der Waals surface area (Å²) < 4.78 is 0. The van der Waals surface area contributed by atoms with E-state index in [0.29, 0.717) is 21.7 Å². The Bertz CT molecular complexity index is 985. The second-order valence-corrected chi connectivity index (χ2v) is 6.04. The number of aromatic nitrogens is 1. The number of anilines is 1. The zero-order valence-electron chi connectivity index (χ0n) is 13.0. The maximum atomic E-state index is 12.1. The lowest BCUT2D eigenvalue weighted by Gasteiger charge is -2.03. The molecule has 3 aromatic rings. The van der Waals surface area contributed by atoms with Gasteiger partial charge >= 0.3 is 0 Å². The Balaban J connectivity index is 1.78. The van der Waals surface area contributed by atoms with Crippen LogP contribution in [0.2, 0.25) is 0 Å². The topological polar surface area (TPSA) is 85.1 Å². The van der Waals surface area contributed by atoms with E-state index < -0.39 is 5.91 Å². The Hall–Kier alpha value is -3.43. The first-order chi connectivity index (χ1) is 12.1. The van der Waals surface area contributed by atoms with Crippen molar-refractivity contribution in [1.82, 2.24) is 4.98 Å². The molecule has 0 aliphatic rings. The maximum absolute atomic E-state index is 12.1. The van der Waals surface area contributed by atoms with Crippen molar-refractivity contribution in [2.45, 2.75) is 0 Å². The van der Waals surface area contributed by atoms with Gasteiger partial charge < -0.3 is 11.1 Å². The minimum absolute atomic E-state index is 0.154. The second kappa shape index (κ2) is 7.43. The van der Waals surface area contributed by atoms with Gasteiger partial charge in [0.15, 0.2) is 0 Å². The Morgan fingerprint density at radius 2 is 1.88 bits per heavy atom. The van der Waals surface area contributed by atoms with Crippen LogP contribution in [-0.2, 0) is 0 Å². The molecule has 0 atom stereocenters.